The van der Waals surface area contributed by atoms with Crippen LogP contribution in [0.4, 0.5) is 22.8 Å². The highest BCUT2D eigenvalue weighted by Crippen LogP contribution is 2.48. The van der Waals surface area contributed by atoms with E-state index in [1.54, 1.807) is 6.92 Å². The van der Waals surface area contributed by atoms with Crippen molar-refractivity contribution in [3.05, 3.63) is 34.9 Å². The van der Waals surface area contributed by atoms with Gasteiger partial charge in [0.25, 0.3) is 0 Å². The molecule has 6 saturated heterocycles. The van der Waals surface area contributed by atoms with E-state index in [0.717, 1.165) is 38.3 Å². The number of nitrogens with one attached hydrogen (secondary N) is 7. The minimum absolute atomic E-state index is 0.0157. The van der Waals surface area contributed by atoms with E-state index in [1.807, 2.05) is 5.01 Å². The molecule has 60 heavy (non-hydrogen) atoms. The van der Waals surface area contributed by atoms with E-state index in [2.05, 4.69) is 49.2 Å². The maximum Gasteiger partial charge on any atom is 0.416 e. The van der Waals surface area contributed by atoms with Crippen molar-refractivity contribution < 1.29 is 51.4 Å². The fourth-order valence-electron chi connectivity index (χ4n) is 8.87. The first-order valence-electron chi connectivity index (χ1n) is 20.5. The topological polar surface area (TPSA) is 212 Å². The van der Waals surface area contributed by atoms with Gasteiger partial charge in [-0.05, 0) is 69.8 Å². The second-order valence-corrected chi connectivity index (χ2v) is 18.6. The first-order chi connectivity index (χ1) is 28.7. The third kappa shape index (κ3) is 10.3. The number of alkyl halides is 3. The summed E-state index contributed by atoms with van der Waals surface area (Å²) in [7, 11) is 0. The number of ether oxygens (including phenoxy) is 2. The lowest BCUT2D eigenvalue weighted by molar-refractivity contribution is -0.139. The third-order valence-corrected chi connectivity index (χ3v) is 14.8. The molecule has 330 valence electrons. The number of alkyl carbamates (subject to hydrolysis) is 2. The molecule has 0 aliphatic carbocycles. The van der Waals surface area contributed by atoms with Crippen LogP contribution in [0.15, 0.2) is 18.2 Å². The molecule has 1 aromatic rings. The lowest BCUT2D eigenvalue weighted by Crippen LogP contribution is -2.59. The van der Waals surface area contributed by atoms with Crippen molar-refractivity contribution >= 4 is 59.3 Å². The van der Waals surface area contributed by atoms with E-state index >= 15 is 0 Å². The van der Waals surface area contributed by atoms with Gasteiger partial charge in [0, 0.05) is 43.0 Å². The Bertz CT molecular complexity index is 1820. The molecule has 0 spiro atoms. The smallest absolute Gasteiger partial charge is 0.416 e. The number of piperidine rings is 1. The van der Waals surface area contributed by atoms with Gasteiger partial charge >= 0.3 is 18.4 Å². The van der Waals surface area contributed by atoms with Crippen LogP contribution in [0.5, 0.6) is 0 Å². The van der Waals surface area contributed by atoms with Gasteiger partial charge < -0.3 is 20.1 Å². The SMILES string of the molecule is CCOC(=O)NC(=O)C1CC(c2ccc(C(F)(F)F)c(COC(=O)NC(=O)C3CCSC3NC(=O)C3CNC4CCNN4C3)c2)SC1NC(=O)C1CN2C(C)CCCC2N1. The van der Waals surface area contributed by atoms with Crippen LogP contribution in [-0.4, -0.2) is 119 Å². The molecule has 0 bridgehead atoms. The second kappa shape index (κ2) is 19.2. The Morgan fingerprint density at radius 2 is 1.63 bits per heavy atom. The first-order valence-corrected chi connectivity index (χ1v) is 22.5. The van der Waals surface area contributed by atoms with Gasteiger partial charge in [-0.15, -0.1) is 23.5 Å². The largest absolute Gasteiger partial charge is 0.450 e. The summed E-state index contributed by atoms with van der Waals surface area (Å²) in [5.41, 5.74) is 2.16. The van der Waals surface area contributed by atoms with Crippen LogP contribution in [0, 0.1) is 17.8 Å². The highest BCUT2D eigenvalue weighted by Gasteiger charge is 2.46. The predicted molar refractivity (Wildman–Crippen MR) is 213 cm³/mol. The van der Waals surface area contributed by atoms with Gasteiger partial charge in [-0.3, -0.25) is 50.8 Å². The van der Waals surface area contributed by atoms with Crippen LogP contribution in [0.25, 0.3) is 0 Å². The predicted octanol–water partition coefficient (Wildman–Crippen LogP) is 2.09. The van der Waals surface area contributed by atoms with Crippen molar-refractivity contribution in [3.63, 3.8) is 0 Å². The van der Waals surface area contributed by atoms with Crippen molar-refractivity contribution in [1.29, 1.82) is 0 Å². The molecule has 7 rings (SSSR count). The number of amides is 6. The minimum Gasteiger partial charge on any atom is -0.450 e. The van der Waals surface area contributed by atoms with Gasteiger partial charge in [0.2, 0.25) is 23.6 Å². The van der Waals surface area contributed by atoms with Gasteiger partial charge in [-0.25, -0.2) is 14.6 Å². The van der Waals surface area contributed by atoms with E-state index in [4.69, 9.17) is 9.47 Å². The summed E-state index contributed by atoms with van der Waals surface area (Å²) in [5.74, 6) is -3.53. The Hall–Kier alpha value is -3.67. The zero-order valence-electron chi connectivity index (χ0n) is 33.3. The Labute approximate surface area is 353 Å². The summed E-state index contributed by atoms with van der Waals surface area (Å²) < 4.78 is 52.9. The van der Waals surface area contributed by atoms with Crippen molar-refractivity contribution in [2.24, 2.45) is 17.8 Å². The number of carbonyl (C=O) groups excluding carboxylic acids is 6. The molecule has 6 fully saturated rings. The second-order valence-electron chi connectivity index (χ2n) is 16.0. The molecule has 7 N–H and O–H groups in total. The average Bonchev–Trinajstić information content (AvgIpc) is 4.03. The molecule has 6 heterocycles. The molecule has 1 aromatic carbocycles. The van der Waals surface area contributed by atoms with Gasteiger partial charge in [-0.2, -0.15) is 13.2 Å². The van der Waals surface area contributed by atoms with Gasteiger partial charge in [-0.1, -0.05) is 12.1 Å². The van der Waals surface area contributed by atoms with Crippen LogP contribution in [0.2, 0.25) is 0 Å². The summed E-state index contributed by atoms with van der Waals surface area (Å²) in [4.78, 5) is 80.7. The standard InChI is InChI=1S/C38H52F3N9O8S2/c1-3-57-36(55)48-32(53)24-14-27(60-35(24)46-33(54)26-17-49-19(2)5-4-6-29(49)44-26)20-7-8-25(38(39,40)41)21(13-20)18-58-37(56)47-31(52)23-10-12-59-34(23)45-30(51)22-15-42-28-9-11-43-50(28)16-22/h7-8,13,19,22-24,26-29,34-35,42-44H,3-6,9-12,14-18H2,1-2H3,(H,45,51)(H,46,54)(H,47,52,56)(H,48,53,55). The number of imide groups is 2. The molecule has 6 aliphatic heterocycles. The number of thioether (sulfide) groups is 2. The van der Waals surface area contributed by atoms with Crippen molar-refractivity contribution in [2.75, 3.05) is 38.5 Å². The molecule has 10 atom stereocenters. The van der Waals surface area contributed by atoms with Crippen molar-refractivity contribution in [3.8, 4) is 0 Å². The molecule has 6 aliphatic rings. The fourth-order valence-corrected chi connectivity index (χ4v) is 11.8. The fraction of sp³-hybridized carbons (Fsp3) is 0.684. The summed E-state index contributed by atoms with van der Waals surface area (Å²) in [5, 5.41) is 16.8. The normalized spacial score (nSPS) is 31.8. The highest BCUT2D eigenvalue weighted by molar-refractivity contribution is 8.00. The van der Waals surface area contributed by atoms with Crippen LogP contribution >= 0.6 is 23.5 Å². The Balaban J connectivity index is 0.988. The van der Waals surface area contributed by atoms with Crippen LogP contribution in [0.1, 0.15) is 74.3 Å². The molecule has 0 saturated carbocycles. The summed E-state index contributed by atoms with van der Waals surface area (Å²) in [6.45, 7) is 5.14. The van der Waals surface area contributed by atoms with Crippen LogP contribution in [0.3, 0.4) is 0 Å². The van der Waals surface area contributed by atoms with E-state index in [9.17, 15) is 41.9 Å². The third-order valence-electron chi connectivity index (χ3n) is 12.0. The molecular weight excluding hydrogens is 832 g/mol. The van der Waals surface area contributed by atoms with E-state index < -0.39 is 76.2 Å². The van der Waals surface area contributed by atoms with Crippen molar-refractivity contribution in [1.82, 2.24) is 47.2 Å². The van der Waals surface area contributed by atoms with Gasteiger partial charge in [0.1, 0.15) is 12.6 Å². The Kier molecular flexibility index (Phi) is 14.2. The molecule has 0 radical (unpaired) electrons. The number of fused-ring (bicyclic) bond motifs is 2. The Morgan fingerprint density at radius 3 is 2.38 bits per heavy atom. The minimum atomic E-state index is -4.82. The number of carbonyl (C=O) groups is 6. The molecule has 6 amide bonds. The molecule has 10 unspecified atom stereocenters. The number of benzene rings is 1. The summed E-state index contributed by atoms with van der Waals surface area (Å²) in [6.07, 6.45) is -2.54. The zero-order valence-corrected chi connectivity index (χ0v) is 34.9. The molecule has 0 aromatic heterocycles. The van der Waals surface area contributed by atoms with Crippen LogP contribution < -0.4 is 37.3 Å². The Morgan fingerprint density at radius 1 is 0.883 bits per heavy atom. The summed E-state index contributed by atoms with van der Waals surface area (Å²) >= 11 is 2.54. The van der Waals surface area contributed by atoms with Crippen LogP contribution in [-0.2, 0) is 41.4 Å². The van der Waals surface area contributed by atoms with E-state index in [1.165, 1.54) is 35.7 Å². The lowest BCUT2D eigenvalue weighted by atomic mass is 9.95. The van der Waals surface area contributed by atoms with Crippen molar-refractivity contribution in [2.45, 2.75) is 106 Å². The van der Waals surface area contributed by atoms with E-state index in [0.29, 0.717) is 43.4 Å². The maximum absolute atomic E-state index is 14.3. The zero-order chi connectivity index (χ0) is 42.7. The van der Waals surface area contributed by atoms with E-state index in [-0.39, 0.29) is 48.7 Å². The number of nitrogens with zero attached hydrogens (tertiary/aromatic N) is 2. The number of hydrazine groups is 1. The number of hydrogen-bond donors (Lipinski definition) is 7. The molecular formula is C38H52F3N9O8S2. The lowest BCUT2D eigenvalue weighted by Gasteiger charge is -2.35. The maximum atomic E-state index is 14.3. The number of hydrogen-bond acceptors (Lipinski definition) is 15. The first kappa shape index (κ1) is 44.4. The highest BCUT2D eigenvalue weighted by atomic mass is 32.2. The van der Waals surface area contributed by atoms with Gasteiger partial charge in [0.05, 0.1) is 53.0 Å². The molecule has 17 nitrogen and oxygen atoms in total. The quantitative estimate of drug-likeness (QED) is 0.180. The number of halogens is 3. The molecule has 22 heteroatoms. The summed E-state index contributed by atoms with van der Waals surface area (Å²) in [6, 6.07) is 3.11. The monoisotopic (exact) mass is 883 g/mol. The number of rotatable bonds is 10. The van der Waals surface area contributed by atoms with Gasteiger partial charge in [0.15, 0.2) is 0 Å². The average molecular weight is 884 g/mol.